The fourth-order valence-corrected chi connectivity index (χ4v) is 1.46. The van der Waals surface area contributed by atoms with E-state index in [2.05, 4.69) is 20.6 Å². The van der Waals surface area contributed by atoms with Gasteiger partial charge in [-0.3, -0.25) is 9.59 Å². The van der Waals surface area contributed by atoms with Gasteiger partial charge in [0.15, 0.2) is 0 Å². The van der Waals surface area contributed by atoms with Crippen LogP contribution in [0.4, 0.5) is 0 Å². The number of aliphatic carboxylic acids is 1. The predicted molar refractivity (Wildman–Crippen MR) is 65.2 cm³/mol. The molecule has 4 N–H and O–H groups in total. The second-order valence-electron chi connectivity index (χ2n) is 3.97. The Hall–Kier alpha value is -2.38. The summed E-state index contributed by atoms with van der Waals surface area (Å²) in [5.41, 5.74) is 0.872. The number of hydrogen-bond acceptors (Lipinski definition) is 4. The lowest BCUT2D eigenvalue weighted by molar-refractivity contribution is -0.143. The zero-order valence-electron chi connectivity index (χ0n) is 10.5. The van der Waals surface area contributed by atoms with Crippen molar-refractivity contribution in [2.24, 2.45) is 0 Å². The van der Waals surface area contributed by atoms with Gasteiger partial charge in [0, 0.05) is 31.8 Å². The van der Waals surface area contributed by atoms with Crippen LogP contribution in [0.15, 0.2) is 12.5 Å². The topological polar surface area (TPSA) is 124 Å². The van der Waals surface area contributed by atoms with E-state index in [-0.39, 0.29) is 6.42 Å². The highest BCUT2D eigenvalue weighted by Gasteiger charge is 2.21. The van der Waals surface area contributed by atoms with Gasteiger partial charge in [-0.05, 0) is 0 Å². The van der Waals surface area contributed by atoms with Crippen LogP contribution in [0.5, 0.6) is 0 Å². The Bertz CT molecular complexity index is 444. The van der Waals surface area contributed by atoms with Crippen molar-refractivity contribution in [3.05, 3.63) is 18.2 Å². The molecule has 104 valence electrons. The lowest BCUT2D eigenvalue weighted by atomic mass is 10.2. The average Bonchev–Trinajstić information content (AvgIpc) is 2.80. The lowest BCUT2D eigenvalue weighted by Gasteiger charge is -2.12. The minimum absolute atomic E-state index is 0.294. The van der Waals surface area contributed by atoms with E-state index in [1.807, 2.05) is 0 Å². The molecule has 0 saturated carbocycles. The molecule has 0 aliphatic rings. The zero-order chi connectivity index (χ0) is 14.3. The Kier molecular flexibility index (Phi) is 5.52. The smallest absolute Gasteiger partial charge is 0.326 e. The molecule has 1 heterocycles. The van der Waals surface area contributed by atoms with Gasteiger partial charge in [0.05, 0.1) is 12.7 Å². The molecule has 0 bridgehead atoms. The quantitative estimate of drug-likeness (QED) is 0.507. The van der Waals surface area contributed by atoms with Crippen LogP contribution < -0.4 is 10.6 Å². The van der Waals surface area contributed by atoms with Crippen LogP contribution >= 0.6 is 0 Å². The van der Waals surface area contributed by atoms with Crippen molar-refractivity contribution in [1.82, 2.24) is 20.6 Å². The molecule has 19 heavy (non-hydrogen) atoms. The number of nitrogens with one attached hydrogen (secondary N) is 3. The van der Waals surface area contributed by atoms with Crippen molar-refractivity contribution in [2.45, 2.75) is 25.8 Å². The average molecular weight is 268 g/mol. The van der Waals surface area contributed by atoms with E-state index >= 15 is 0 Å². The number of carbonyl (C=O) groups is 3. The number of amides is 2. The monoisotopic (exact) mass is 268 g/mol. The number of imidazole rings is 1. The molecule has 0 saturated heterocycles. The van der Waals surface area contributed by atoms with E-state index in [9.17, 15) is 14.4 Å². The first-order valence-corrected chi connectivity index (χ1v) is 5.73. The molecule has 8 nitrogen and oxygen atoms in total. The molecule has 1 aromatic rings. The van der Waals surface area contributed by atoms with Crippen LogP contribution in [0.2, 0.25) is 0 Å². The number of aromatic amines is 1. The molecule has 0 fully saturated rings. The fraction of sp³-hybridized carbons (Fsp3) is 0.455. The Balaban J connectivity index is 2.32. The summed E-state index contributed by atoms with van der Waals surface area (Å²) >= 11 is 0. The second kappa shape index (κ2) is 7.14. The second-order valence-corrected chi connectivity index (χ2v) is 3.97. The maximum absolute atomic E-state index is 11.5. The van der Waals surface area contributed by atoms with Crippen molar-refractivity contribution in [3.63, 3.8) is 0 Å². The third-order valence-electron chi connectivity index (χ3n) is 2.34. The number of carboxylic acids is 1. The molecular formula is C11H16N4O4. The molecule has 0 spiro atoms. The first kappa shape index (κ1) is 14.7. The van der Waals surface area contributed by atoms with Crippen molar-refractivity contribution < 1.29 is 19.5 Å². The fourth-order valence-electron chi connectivity index (χ4n) is 1.46. The summed E-state index contributed by atoms with van der Waals surface area (Å²) in [4.78, 5) is 39.8. The standard InChI is InChI=1S/C11H16N4O4/c1-7(16)15-9(11(18)19)4-10(17)13-3-2-8-5-12-6-14-8/h5-6,9H,2-4H2,1H3,(H,12,14)(H,13,17)(H,15,16)(H,18,19). The molecule has 0 aromatic carbocycles. The summed E-state index contributed by atoms with van der Waals surface area (Å²) in [6, 6.07) is -1.20. The minimum atomic E-state index is -1.24. The number of hydrogen-bond donors (Lipinski definition) is 4. The van der Waals surface area contributed by atoms with E-state index in [0.717, 1.165) is 5.69 Å². The van der Waals surface area contributed by atoms with Crippen molar-refractivity contribution in [1.29, 1.82) is 0 Å². The molecule has 1 atom stereocenters. The number of carboxylic acid groups (broad SMARTS) is 1. The van der Waals surface area contributed by atoms with Gasteiger partial charge >= 0.3 is 5.97 Å². The van der Waals surface area contributed by atoms with Crippen LogP contribution in [-0.4, -0.2) is 45.4 Å². The van der Waals surface area contributed by atoms with Gasteiger partial charge in [0.25, 0.3) is 0 Å². The van der Waals surface area contributed by atoms with Gasteiger partial charge in [-0.2, -0.15) is 0 Å². The summed E-state index contributed by atoms with van der Waals surface area (Å²) in [7, 11) is 0. The molecule has 1 unspecified atom stereocenters. The molecule has 1 aromatic heterocycles. The normalized spacial score (nSPS) is 11.6. The Morgan fingerprint density at radius 2 is 2.21 bits per heavy atom. The molecule has 0 aliphatic heterocycles. The summed E-state index contributed by atoms with van der Waals surface area (Å²) in [5, 5.41) is 13.6. The summed E-state index contributed by atoms with van der Waals surface area (Å²) < 4.78 is 0. The van der Waals surface area contributed by atoms with Crippen molar-refractivity contribution >= 4 is 17.8 Å². The Morgan fingerprint density at radius 1 is 1.47 bits per heavy atom. The Labute approximate surface area is 109 Å². The highest BCUT2D eigenvalue weighted by Crippen LogP contribution is 1.94. The van der Waals surface area contributed by atoms with Crippen molar-refractivity contribution in [3.8, 4) is 0 Å². The lowest BCUT2D eigenvalue weighted by Crippen LogP contribution is -2.43. The maximum atomic E-state index is 11.5. The van der Waals surface area contributed by atoms with Crippen LogP contribution in [0.25, 0.3) is 0 Å². The van der Waals surface area contributed by atoms with Gasteiger partial charge in [-0.25, -0.2) is 9.78 Å². The third kappa shape index (κ3) is 5.66. The Morgan fingerprint density at radius 3 is 2.74 bits per heavy atom. The van der Waals surface area contributed by atoms with E-state index in [0.29, 0.717) is 13.0 Å². The minimum Gasteiger partial charge on any atom is -0.480 e. The summed E-state index contributed by atoms with van der Waals surface area (Å²) in [6.45, 7) is 1.57. The molecule has 1 rings (SSSR count). The SMILES string of the molecule is CC(=O)NC(CC(=O)NCCc1cnc[nH]1)C(=O)O. The van der Waals surface area contributed by atoms with Crippen LogP contribution in [0.1, 0.15) is 19.0 Å². The highest BCUT2D eigenvalue weighted by atomic mass is 16.4. The molecular weight excluding hydrogens is 252 g/mol. The molecule has 0 radical (unpaired) electrons. The number of rotatable bonds is 7. The van der Waals surface area contributed by atoms with Crippen LogP contribution in [-0.2, 0) is 20.8 Å². The van der Waals surface area contributed by atoms with E-state index in [1.165, 1.54) is 13.3 Å². The zero-order valence-corrected chi connectivity index (χ0v) is 10.5. The number of aromatic nitrogens is 2. The van der Waals surface area contributed by atoms with Crippen LogP contribution in [0, 0.1) is 0 Å². The van der Waals surface area contributed by atoms with E-state index < -0.39 is 23.8 Å². The number of H-pyrrole nitrogens is 1. The van der Waals surface area contributed by atoms with Gasteiger partial charge in [-0.15, -0.1) is 0 Å². The van der Waals surface area contributed by atoms with Gasteiger partial charge < -0.3 is 20.7 Å². The summed E-state index contributed by atoms with van der Waals surface area (Å²) in [6.07, 6.45) is 3.46. The molecule has 8 heteroatoms. The maximum Gasteiger partial charge on any atom is 0.326 e. The highest BCUT2D eigenvalue weighted by molar-refractivity contribution is 5.87. The van der Waals surface area contributed by atoms with E-state index in [4.69, 9.17) is 5.11 Å². The predicted octanol–water partition coefficient (Wildman–Crippen LogP) is -0.952. The van der Waals surface area contributed by atoms with Crippen molar-refractivity contribution in [2.75, 3.05) is 6.54 Å². The van der Waals surface area contributed by atoms with Gasteiger partial charge in [-0.1, -0.05) is 0 Å². The van der Waals surface area contributed by atoms with Crippen LogP contribution in [0.3, 0.4) is 0 Å². The molecule has 0 aliphatic carbocycles. The molecule has 2 amide bonds. The van der Waals surface area contributed by atoms with Gasteiger partial charge in [0.2, 0.25) is 11.8 Å². The number of nitrogens with zero attached hydrogens (tertiary/aromatic N) is 1. The first-order chi connectivity index (χ1) is 8.99. The third-order valence-corrected chi connectivity index (χ3v) is 2.34. The number of carbonyl (C=O) groups excluding carboxylic acids is 2. The van der Waals surface area contributed by atoms with Gasteiger partial charge in [0.1, 0.15) is 6.04 Å². The van der Waals surface area contributed by atoms with E-state index in [1.54, 1.807) is 6.20 Å². The largest absolute Gasteiger partial charge is 0.480 e. The summed E-state index contributed by atoms with van der Waals surface area (Å²) in [5.74, 6) is -2.16. The first-order valence-electron chi connectivity index (χ1n) is 5.73.